The Kier molecular flexibility index (Phi) is 8.03. The molecule has 0 heterocycles. The number of benzene rings is 2. The highest BCUT2D eigenvalue weighted by atomic mass is 16.5. The molecule has 0 saturated heterocycles. The molecular weight excluding hydrogens is 356 g/mol. The molecule has 0 radical (unpaired) electrons. The van der Waals surface area contributed by atoms with Gasteiger partial charge in [-0.3, -0.25) is 4.79 Å². The fourth-order valence-electron chi connectivity index (χ4n) is 2.40. The normalized spacial score (nSPS) is 11.3. The summed E-state index contributed by atoms with van der Waals surface area (Å²) < 4.78 is 15.9. The van der Waals surface area contributed by atoms with Crippen LogP contribution in [0.25, 0.3) is 0 Å². The molecule has 0 aliphatic rings. The minimum Gasteiger partial charge on any atom is -0.497 e. The van der Waals surface area contributed by atoms with Gasteiger partial charge in [0, 0.05) is 6.08 Å². The van der Waals surface area contributed by atoms with Gasteiger partial charge in [0.05, 0.1) is 19.3 Å². The van der Waals surface area contributed by atoms with Gasteiger partial charge in [-0.15, -0.1) is 0 Å². The third-order valence-corrected chi connectivity index (χ3v) is 3.82. The molecule has 0 saturated carbocycles. The minimum absolute atomic E-state index is 0.251. The highest BCUT2D eigenvalue weighted by molar-refractivity contribution is 6.07. The van der Waals surface area contributed by atoms with Crippen molar-refractivity contribution in [3.8, 4) is 11.5 Å². The van der Waals surface area contributed by atoms with Crippen LogP contribution in [-0.4, -0.2) is 25.5 Å². The van der Waals surface area contributed by atoms with Crippen LogP contribution in [0.4, 0.5) is 0 Å². The van der Waals surface area contributed by atoms with E-state index in [0.717, 1.165) is 5.56 Å². The zero-order valence-electron chi connectivity index (χ0n) is 16.3. The molecule has 5 heteroatoms. The summed E-state index contributed by atoms with van der Waals surface area (Å²) in [6.07, 6.45) is 4.31. The van der Waals surface area contributed by atoms with E-state index in [1.807, 2.05) is 30.3 Å². The molecular formula is C23H24O5. The van der Waals surface area contributed by atoms with E-state index >= 15 is 0 Å². The Morgan fingerprint density at radius 2 is 1.79 bits per heavy atom. The van der Waals surface area contributed by atoms with E-state index < -0.39 is 5.97 Å². The van der Waals surface area contributed by atoms with Crippen molar-refractivity contribution in [3.63, 3.8) is 0 Å². The zero-order chi connectivity index (χ0) is 20.4. The molecule has 146 valence electrons. The van der Waals surface area contributed by atoms with Gasteiger partial charge < -0.3 is 14.2 Å². The van der Waals surface area contributed by atoms with Crippen LogP contribution < -0.4 is 9.47 Å². The van der Waals surface area contributed by atoms with Crippen molar-refractivity contribution in [2.45, 2.75) is 20.5 Å². The SMILES string of the molecule is CCOC(=O)/C=C(C)/C=C/C(=O)c1cc(OC)ccc1OCc1ccccc1. The Hall–Kier alpha value is -3.34. The first-order valence-corrected chi connectivity index (χ1v) is 8.95. The highest BCUT2D eigenvalue weighted by Crippen LogP contribution is 2.26. The molecule has 28 heavy (non-hydrogen) atoms. The van der Waals surface area contributed by atoms with Crippen LogP contribution in [0, 0.1) is 0 Å². The summed E-state index contributed by atoms with van der Waals surface area (Å²) >= 11 is 0. The Morgan fingerprint density at radius 3 is 2.46 bits per heavy atom. The lowest BCUT2D eigenvalue weighted by Crippen LogP contribution is -2.03. The second-order valence-electron chi connectivity index (χ2n) is 5.97. The van der Waals surface area contributed by atoms with Crippen molar-refractivity contribution in [2.75, 3.05) is 13.7 Å². The van der Waals surface area contributed by atoms with Gasteiger partial charge in [0.2, 0.25) is 0 Å². The Morgan fingerprint density at radius 1 is 1.04 bits per heavy atom. The number of methoxy groups -OCH3 is 1. The number of allylic oxidation sites excluding steroid dienone is 3. The number of ether oxygens (including phenoxy) is 3. The van der Waals surface area contributed by atoms with Crippen LogP contribution in [0.2, 0.25) is 0 Å². The number of carbonyl (C=O) groups is 2. The standard InChI is InChI=1S/C23H24O5/c1-4-27-23(25)14-17(2)10-12-21(24)20-15-19(26-3)11-13-22(20)28-16-18-8-6-5-7-9-18/h5-15H,4,16H2,1-3H3/b12-10+,17-14+. The second kappa shape index (κ2) is 10.7. The van der Waals surface area contributed by atoms with E-state index in [1.54, 1.807) is 38.1 Å². The maximum absolute atomic E-state index is 12.7. The van der Waals surface area contributed by atoms with Gasteiger partial charge in [-0.2, -0.15) is 0 Å². The summed E-state index contributed by atoms with van der Waals surface area (Å²) in [6, 6.07) is 14.8. The molecule has 0 bridgehead atoms. The lowest BCUT2D eigenvalue weighted by Gasteiger charge is -2.11. The van der Waals surface area contributed by atoms with Gasteiger partial charge in [0.15, 0.2) is 5.78 Å². The van der Waals surface area contributed by atoms with Gasteiger partial charge in [0.25, 0.3) is 0 Å². The van der Waals surface area contributed by atoms with Crippen LogP contribution in [0.3, 0.4) is 0 Å². The van der Waals surface area contributed by atoms with Crippen LogP contribution in [0.1, 0.15) is 29.8 Å². The first-order valence-electron chi connectivity index (χ1n) is 8.95. The number of ketones is 1. The fraction of sp³-hybridized carbons (Fsp3) is 0.217. The number of rotatable bonds is 9. The molecule has 0 spiro atoms. The van der Waals surface area contributed by atoms with Gasteiger partial charge in [-0.1, -0.05) is 36.4 Å². The third-order valence-electron chi connectivity index (χ3n) is 3.82. The largest absolute Gasteiger partial charge is 0.497 e. The smallest absolute Gasteiger partial charge is 0.330 e. The summed E-state index contributed by atoms with van der Waals surface area (Å²) in [5, 5.41) is 0. The van der Waals surface area contributed by atoms with Gasteiger partial charge in [0.1, 0.15) is 18.1 Å². The first kappa shape index (κ1) is 21.0. The van der Waals surface area contributed by atoms with E-state index in [1.165, 1.54) is 19.3 Å². The Labute approximate surface area is 165 Å². The molecule has 0 amide bonds. The number of esters is 1. The lowest BCUT2D eigenvalue weighted by atomic mass is 10.1. The molecule has 2 rings (SSSR count). The maximum Gasteiger partial charge on any atom is 0.330 e. The average molecular weight is 380 g/mol. The second-order valence-corrected chi connectivity index (χ2v) is 5.97. The summed E-state index contributed by atoms with van der Waals surface area (Å²) in [6.45, 7) is 4.11. The molecule has 0 unspecified atom stereocenters. The van der Waals surface area contributed by atoms with Crippen molar-refractivity contribution in [2.24, 2.45) is 0 Å². The summed E-state index contributed by atoms with van der Waals surface area (Å²) in [7, 11) is 1.54. The van der Waals surface area contributed by atoms with Gasteiger partial charge in [-0.25, -0.2) is 4.79 Å². The third kappa shape index (κ3) is 6.43. The number of hydrogen-bond acceptors (Lipinski definition) is 5. The predicted octanol–water partition coefficient (Wildman–Crippen LogP) is 4.52. The van der Waals surface area contributed by atoms with E-state index in [-0.39, 0.29) is 5.78 Å². The first-order chi connectivity index (χ1) is 13.5. The molecule has 0 N–H and O–H groups in total. The molecule has 0 fully saturated rings. The van der Waals surface area contributed by atoms with Crippen molar-refractivity contribution < 1.29 is 23.8 Å². The topological polar surface area (TPSA) is 61.8 Å². The molecule has 2 aromatic rings. The van der Waals surface area contributed by atoms with Crippen LogP contribution >= 0.6 is 0 Å². The predicted molar refractivity (Wildman–Crippen MR) is 108 cm³/mol. The molecule has 0 aliphatic carbocycles. The molecule has 5 nitrogen and oxygen atoms in total. The minimum atomic E-state index is -0.439. The number of hydrogen-bond donors (Lipinski definition) is 0. The van der Waals surface area contributed by atoms with E-state index in [9.17, 15) is 9.59 Å². The van der Waals surface area contributed by atoms with Crippen molar-refractivity contribution >= 4 is 11.8 Å². The molecule has 2 aromatic carbocycles. The van der Waals surface area contributed by atoms with Crippen molar-refractivity contribution in [1.82, 2.24) is 0 Å². The average Bonchev–Trinajstić information content (AvgIpc) is 2.71. The van der Waals surface area contributed by atoms with Gasteiger partial charge >= 0.3 is 5.97 Å². The van der Waals surface area contributed by atoms with Crippen LogP contribution in [0.15, 0.2) is 72.3 Å². The summed E-state index contributed by atoms with van der Waals surface area (Å²) in [4.78, 5) is 24.2. The fourth-order valence-corrected chi connectivity index (χ4v) is 2.40. The summed E-state index contributed by atoms with van der Waals surface area (Å²) in [5.74, 6) is 0.331. The number of carbonyl (C=O) groups excluding carboxylic acids is 2. The Bertz CT molecular complexity index is 866. The monoisotopic (exact) mass is 380 g/mol. The van der Waals surface area contributed by atoms with Crippen LogP contribution in [0.5, 0.6) is 11.5 Å². The Balaban J connectivity index is 2.18. The summed E-state index contributed by atoms with van der Waals surface area (Å²) in [5.41, 5.74) is 2.00. The highest BCUT2D eigenvalue weighted by Gasteiger charge is 2.12. The van der Waals surface area contributed by atoms with Crippen molar-refractivity contribution in [3.05, 3.63) is 83.5 Å². The maximum atomic E-state index is 12.7. The molecule has 0 aromatic heterocycles. The van der Waals surface area contributed by atoms with E-state index in [4.69, 9.17) is 14.2 Å². The zero-order valence-corrected chi connectivity index (χ0v) is 16.3. The lowest BCUT2D eigenvalue weighted by molar-refractivity contribution is -0.137. The van der Waals surface area contributed by atoms with Crippen molar-refractivity contribution in [1.29, 1.82) is 0 Å². The van der Waals surface area contributed by atoms with Gasteiger partial charge in [-0.05, 0) is 49.3 Å². The molecule has 0 atom stereocenters. The van der Waals surface area contributed by atoms with Crippen LogP contribution in [-0.2, 0) is 16.1 Å². The van der Waals surface area contributed by atoms with E-state index in [0.29, 0.717) is 35.8 Å². The molecule has 0 aliphatic heterocycles. The van der Waals surface area contributed by atoms with E-state index in [2.05, 4.69) is 0 Å². The quantitative estimate of drug-likeness (QED) is 0.277.